The number of rotatable bonds is 7. The molecule has 0 aliphatic heterocycles. The van der Waals surface area contributed by atoms with E-state index in [9.17, 15) is 4.79 Å². The number of hydrogen-bond donors (Lipinski definition) is 1. The second kappa shape index (κ2) is 7.91. The molecule has 0 bridgehead atoms. The Morgan fingerprint density at radius 1 is 0.950 bits per heavy atom. The second-order valence-electron chi connectivity index (χ2n) is 4.92. The molecule has 2 aromatic carbocycles. The van der Waals surface area contributed by atoms with Crippen LogP contribution in [-0.4, -0.2) is 18.3 Å². The van der Waals surface area contributed by atoms with Crippen molar-refractivity contribution in [2.24, 2.45) is 0 Å². The van der Waals surface area contributed by atoms with Crippen molar-refractivity contribution in [3.63, 3.8) is 0 Å². The number of nitrogens with one attached hydrogen (secondary N) is 1. The van der Waals surface area contributed by atoms with Crippen molar-refractivity contribution in [2.45, 2.75) is 25.7 Å². The van der Waals surface area contributed by atoms with Gasteiger partial charge in [0, 0.05) is 18.0 Å². The minimum absolute atomic E-state index is 0.00750. The fourth-order valence-corrected chi connectivity index (χ4v) is 2.40. The quantitative estimate of drug-likeness (QED) is 0.595. The van der Waals surface area contributed by atoms with Gasteiger partial charge in [-0.3, -0.25) is 4.79 Å². The Balaban J connectivity index is 1.84. The van der Waals surface area contributed by atoms with E-state index in [0.717, 1.165) is 54.4 Å². The van der Waals surface area contributed by atoms with Crippen LogP contribution in [0.2, 0.25) is 0 Å². The van der Waals surface area contributed by atoms with Gasteiger partial charge in [-0.15, -0.1) is 11.6 Å². The van der Waals surface area contributed by atoms with Crippen molar-refractivity contribution in [1.82, 2.24) is 5.32 Å². The Bertz CT molecular complexity index is 568. The van der Waals surface area contributed by atoms with Crippen LogP contribution in [0.25, 0.3) is 10.8 Å². The Morgan fingerprint density at radius 2 is 1.70 bits per heavy atom. The molecular formula is C17H20ClNO. The van der Waals surface area contributed by atoms with Gasteiger partial charge in [-0.05, 0) is 35.7 Å². The third-order valence-corrected chi connectivity index (χ3v) is 3.62. The van der Waals surface area contributed by atoms with Crippen LogP contribution in [0.5, 0.6) is 0 Å². The molecule has 0 radical (unpaired) electrons. The standard InChI is InChI=1S/C17H20ClNO/c18-11-5-1-2-6-12-19-17(20)16-10-9-14-7-3-4-8-15(14)13-16/h3-4,7-10,13H,1-2,5-6,11-12H2,(H,19,20). The molecule has 1 amide bonds. The van der Waals surface area contributed by atoms with E-state index >= 15 is 0 Å². The molecule has 0 saturated carbocycles. The summed E-state index contributed by atoms with van der Waals surface area (Å²) in [5.74, 6) is 0.733. The highest BCUT2D eigenvalue weighted by Gasteiger charge is 2.05. The number of carbonyl (C=O) groups is 1. The van der Waals surface area contributed by atoms with Crippen LogP contribution < -0.4 is 5.32 Å². The zero-order valence-corrected chi connectivity index (χ0v) is 12.3. The molecule has 0 fully saturated rings. The fraction of sp³-hybridized carbons (Fsp3) is 0.353. The lowest BCUT2D eigenvalue weighted by atomic mass is 10.1. The largest absolute Gasteiger partial charge is 0.352 e. The van der Waals surface area contributed by atoms with Crippen molar-refractivity contribution < 1.29 is 4.79 Å². The lowest BCUT2D eigenvalue weighted by Crippen LogP contribution is -2.24. The molecule has 20 heavy (non-hydrogen) atoms. The maximum Gasteiger partial charge on any atom is 0.251 e. The molecule has 2 nitrogen and oxygen atoms in total. The molecule has 1 N–H and O–H groups in total. The minimum Gasteiger partial charge on any atom is -0.352 e. The Morgan fingerprint density at radius 3 is 2.50 bits per heavy atom. The Kier molecular flexibility index (Phi) is 5.87. The van der Waals surface area contributed by atoms with Crippen molar-refractivity contribution in [3.8, 4) is 0 Å². The molecular weight excluding hydrogens is 270 g/mol. The van der Waals surface area contributed by atoms with Gasteiger partial charge in [-0.25, -0.2) is 0 Å². The molecule has 0 atom stereocenters. The van der Waals surface area contributed by atoms with Gasteiger partial charge in [0.15, 0.2) is 0 Å². The maximum absolute atomic E-state index is 12.0. The summed E-state index contributed by atoms with van der Waals surface area (Å²) in [6.45, 7) is 0.730. The van der Waals surface area contributed by atoms with Gasteiger partial charge in [-0.2, -0.15) is 0 Å². The van der Waals surface area contributed by atoms with Crippen molar-refractivity contribution in [1.29, 1.82) is 0 Å². The van der Waals surface area contributed by atoms with Gasteiger partial charge in [0.1, 0.15) is 0 Å². The summed E-state index contributed by atoms with van der Waals surface area (Å²) in [4.78, 5) is 12.0. The molecule has 0 heterocycles. The average molecular weight is 290 g/mol. The summed E-state index contributed by atoms with van der Waals surface area (Å²) in [6, 6.07) is 13.9. The third-order valence-electron chi connectivity index (χ3n) is 3.36. The summed E-state index contributed by atoms with van der Waals surface area (Å²) >= 11 is 5.62. The molecule has 0 unspecified atom stereocenters. The molecule has 0 aromatic heterocycles. The first kappa shape index (κ1) is 14.9. The van der Waals surface area contributed by atoms with Crippen LogP contribution in [-0.2, 0) is 0 Å². The Labute approximate surface area is 125 Å². The van der Waals surface area contributed by atoms with Crippen LogP contribution in [0.4, 0.5) is 0 Å². The number of halogens is 1. The number of carbonyl (C=O) groups excluding carboxylic acids is 1. The number of unbranched alkanes of at least 4 members (excludes halogenated alkanes) is 3. The fourth-order valence-electron chi connectivity index (χ4n) is 2.21. The van der Waals surface area contributed by atoms with Gasteiger partial charge >= 0.3 is 0 Å². The zero-order chi connectivity index (χ0) is 14.2. The van der Waals surface area contributed by atoms with Gasteiger partial charge in [0.05, 0.1) is 0 Å². The van der Waals surface area contributed by atoms with Crippen molar-refractivity contribution in [2.75, 3.05) is 12.4 Å². The third kappa shape index (κ3) is 4.24. The van der Waals surface area contributed by atoms with E-state index in [1.165, 1.54) is 0 Å². The maximum atomic E-state index is 12.0. The molecule has 106 valence electrons. The lowest BCUT2D eigenvalue weighted by Gasteiger charge is -2.06. The predicted molar refractivity (Wildman–Crippen MR) is 85.5 cm³/mol. The number of fused-ring (bicyclic) bond motifs is 1. The first-order chi connectivity index (χ1) is 9.81. The van der Waals surface area contributed by atoms with E-state index in [2.05, 4.69) is 5.32 Å². The molecule has 0 saturated heterocycles. The van der Waals surface area contributed by atoms with Crippen LogP contribution in [0.3, 0.4) is 0 Å². The van der Waals surface area contributed by atoms with E-state index in [-0.39, 0.29) is 5.91 Å². The number of amides is 1. The molecule has 3 heteroatoms. The molecule has 2 aromatic rings. The number of alkyl halides is 1. The van der Waals surface area contributed by atoms with Crippen LogP contribution in [0.1, 0.15) is 36.0 Å². The second-order valence-corrected chi connectivity index (χ2v) is 5.30. The minimum atomic E-state index is 0.00750. The van der Waals surface area contributed by atoms with Gasteiger partial charge < -0.3 is 5.32 Å². The van der Waals surface area contributed by atoms with Gasteiger partial charge in [0.25, 0.3) is 5.91 Å². The van der Waals surface area contributed by atoms with E-state index in [4.69, 9.17) is 11.6 Å². The topological polar surface area (TPSA) is 29.1 Å². The smallest absolute Gasteiger partial charge is 0.251 e. The SMILES string of the molecule is O=C(NCCCCCCCl)c1ccc2ccccc2c1. The first-order valence-electron chi connectivity index (χ1n) is 7.14. The summed E-state index contributed by atoms with van der Waals surface area (Å²) < 4.78 is 0. The molecule has 2 rings (SSSR count). The van der Waals surface area contributed by atoms with Gasteiger partial charge in [-0.1, -0.05) is 43.2 Å². The van der Waals surface area contributed by atoms with Crippen LogP contribution in [0.15, 0.2) is 42.5 Å². The summed E-state index contributed by atoms with van der Waals surface area (Å²) in [6.07, 6.45) is 4.32. The summed E-state index contributed by atoms with van der Waals surface area (Å²) in [5.41, 5.74) is 0.726. The van der Waals surface area contributed by atoms with Crippen molar-refractivity contribution >= 4 is 28.3 Å². The highest BCUT2D eigenvalue weighted by Crippen LogP contribution is 2.15. The van der Waals surface area contributed by atoms with E-state index in [1.54, 1.807) is 0 Å². The normalized spacial score (nSPS) is 10.7. The zero-order valence-electron chi connectivity index (χ0n) is 11.6. The average Bonchev–Trinajstić information content (AvgIpc) is 2.50. The van der Waals surface area contributed by atoms with E-state index < -0.39 is 0 Å². The monoisotopic (exact) mass is 289 g/mol. The molecule has 0 aliphatic rings. The highest BCUT2D eigenvalue weighted by molar-refractivity contribution is 6.17. The lowest BCUT2D eigenvalue weighted by molar-refractivity contribution is 0.0953. The Hall–Kier alpha value is -1.54. The highest BCUT2D eigenvalue weighted by atomic mass is 35.5. The van der Waals surface area contributed by atoms with E-state index in [1.807, 2.05) is 42.5 Å². The van der Waals surface area contributed by atoms with Crippen molar-refractivity contribution in [3.05, 3.63) is 48.0 Å². The van der Waals surface area contributed by atoms with Crippen LogP contribution in [0, 0.1) is 0 Å². The number of benzene rings is 2. The van der Waals surface area contributed by atoms with Crippen LogP contribution >= 0.6 is 11.6 Å². The number of hydrogen-bond acceptors (Lipinski definition) is 1. The summed E-state index contributed by atoms with van der Waals surface area (Å²) in [7, 11) is 0. The predicted octanol–water partition coefficient (Wildman–Crippen LogP) is 4.37. The molecule has 0 spiro atoms. The summed E-state index contributed by atoms with van der Waals surface area (Å²) in [5, 5.41) is 5.23. The van der Waals surface area contributed by atoms with Gasteiger partial charge in [0.2, 0.25) is 0 Å². The van der Waals surface area contributed by atoms with E-state index in [0.29, 0.717) is 0 Å². The first-order valence-corrected chi connectivity index (χ1v) is 7.67. The molecule has 0 aliphatic carbocycles.